The molecule has 7 heteroatoms. The van der Waals surface area contributed by atoms with E-state index in [-0.39, 0.29) is 6.71 Å². The van der Waals surface area contributed by atoms with Gasteiger partial charge in [-0.05, 0) is 90.4 Å². The lowest BCUT2D eigenvalue weighted by molar-refractivity contribution is 0.695. The van der Waals surface area contributed by atoms with E-state index in [0.717, 1.165) is 38.5 Å². The molecule has 3 N–H and O–H groups in total. The maximum atomic E-state index is 5.09. The first-order chi connectivity index (χ1) is 19.1. The van der Waals surface area contributed by atoms with Gasteiger partial charge in [0.15, 0.2) is 0 Å². The summed E-state index contributed by atoms with van der Waals surface area (Å²) in [6.07, 6.45) is 6.33. The van der Waals surface area contributed by atoms with E-state index in [0.29, 0.717) is 35.5 Å². The molecule has 0 aromatic carbocycles. The van der Waals surface area contributed by atoms with Crippen molar-refractivity contribution in [2.45, 2.75) is 157 Å². The van der Waals surface area contributed by atoms with Crippen LogP contribution in [0.4, 0.5) is 0 Å². The molecule has 3 aromatic rings. The molecule has 0 fully saturated rings. The van der Waals surface area contributed by atoms with Crippen LogP contribution < -0.4 is 16.4 Å². The largest absolute Gasteiger partial charge is 0.283 e. The molecule has 0 aliphatic rings. The summed E-state index contributed by atoms with van der Waals surface area (Å²) in [5.41, 5.74) is 11.6. The SMILES string of the molecule is CCC(C)c1n[nH]c(C(C)CC)c1B(c1c(C(C)CC)n[nH]c1C(C)CC)c1c(C(C)CC)n[nH]c1C(C)CC. The highest BCUT2D eigenvalue weighted by molar-refractivity contribution is 6.97. The highest BCUT2D eigenvalue weighted by atomic mass is 15.1. The van der Waals surface area contributed by atoms with Crippen LogP contribution in [0.25, 0.3) is 0 Å². The summed E-state index contributed by atoms with van der Waals surface area (Å²) in [6.45, 7) is 27.7. The van der Waals surface area contributed by atoms with Crippen molar-refractivity contribution >= 4 is 23.1 Å². The number of nitrogens with zero attached hydrogens (tertiary/aromatic N) is 3. The number of aromatic nitrogens is 6. The lowest BCUT2D eigenvalue weighted by atomic mass is 9.33. The molecule has 0 aliphatic heterocycles. The van der Waals surface area contributed by atoms with E-state index in [9.17, 15) is 0 Å². The van der Waals surface area contributed by atoms with E-state index >= 15 is 0 Å². The third-order valence-electron chi connectivity index (χ3n) is 10.0. The minimum Gasteiger partial charge on any atom is -0.283 e. The second-order valence-corrected chi connectivity index (χ2v) is 12.6. The van der Waals surface area contributed by atoms with Crippen LogP contribution in [0.2, 0.25) is 0 Å². The van der Waals surface area contributed by atoms with Crippen LogP contribution in [0.1, 0.15) is 191 Å². The van der Waals surface area contributed by atoms with Crippen molar-refractivity contribution in [1.29, 1.82) is 0 Å². The Morgan fingerprint density at radius 2 is 0.650 bits per heavy atom. The Bertz CT molecular complexity index is 975. The van der Waals surface area contributed by atoms with Gasteiger partial charge in [-0.2, -0.15) is 15.3 Å². The van der Waals surface area contributed by atoms with Crippen molar-refractivity contribution in [3.8, 4) is 0 Å². The molecule has 0 radical (unpaired) electrons. The van der Waals surface area contributed by atoms with Crippen molar-refractivity contribution in [2.75, 3.05) is 0 Å². The minimum atomic E-state index is 0.0187. The van der Waals surface area contributed by atoms with Gasteiger partial charge in [0.2, 0.25) is 0 Å². The van der Waals surface area contributed by atoms with E-state index in [2.05, 4.69) is 98.4 Å². The monoisotopic (exact) mass is 548 g/mol. The minimum absolute atomic E-state index is 0.0187. The van der Waals surface area contributed by atoms with Gasteiger partial charge in [0.25, 0.3) is 6.71 Å². The molecule has 0 saturated heterocycles. The Balaban J connectivity index is 2.60. The summed E-state index contributed by atoms with van der Waals surface area (Å²) < 4.78 is 0. The molecule has 6 unspecified atom stereocenters. The zero-order valence-corrected chi connectivity index (χ0v) is 27.6. The number of nitrogens with one attached hydrogen (secondary N) is 3. The molecule has 0 spiro atoms. The van der Waals surface area contributed by atoms with Gasteiger partial charge in [-0.1, -0.05) is 83.1 Å². The van der Waals surface area contributed by atoms with Gasteiger partial charge in [0.1, 0.15) is 0 Å². The molecule has 3 rings (SSSR count). The molecule has 6 nitrogen and oxygen atoms in total. The van der Waals surface area contributed by atoms with Crippen LogP contribution in [0.3, 0.4) is 0 Å². The molecule has 0 aliphatic carbocycles. The first kappa shape index (κ1) is 32.2. The summed E-state index contributed by atoms with van der Waals surface area (Å²) in [7, 11) is 0. The second-order valence-electron chi connectivity index (χ2n) is 12.6. The first-order valence-corrected chi connectivity index (χ1v) is 16.3. The van der Waals surface area contributed by atoms with Gasteiger partial charge in [0.05, 0.1) is 17.1 Å². The number of hydrogen-bond donors (Lipinski definition) is 3. The van der Waals surface area contributed by atoms with Crippen LogP contribution in [0.5, 0.6) is 0 Å². The molecule has 3 heterocycles. The molecule has 0 bridgehead atoms. The topological polar surface area (TPSA) is 86.0 Å². The summed E-state index contributed by atoms with van der Waals surface area (Å²) in [4.78, 5) is 0. The molecule has 222 valence electrons. The highest BCUT2D eigenvalue weighted by Gasteiger charge is 2.42. The van der Waals surface area contributed by atoms with Crippen LogP contribution in [-0.4, -0.2) is 37.3 Å². The Morgan fingerprint density at radius 1 is 0.425 bits per heavy atom. The van der Waals surface area contributed by atoms with Gasteiger partial charge in [-0.15, -0.1) is 0 Å². The van der Waals surface area contributed by atoms with Crippen molar-refractivity contribution in [3.63, 3.8) is 0 Å². The predicted octanol–water partition coefficient (Wildman–Crippen LogP) is 7.45. The predicted molar refractivity (Wildman–Crippen MR) is 173 cm³/mol. The molecular weight excluding hydrogens is 491 g/mol. The lowest BCUT2D eigenvalue weighted by Crippen LogP contribution is -2.58. The summed E-state index contributed by atoms with van der Waals surface area (Å²) in [6, 6.07) is 0. The fourth-order valence-electron chi connectivity index (χ4n) is 5.93. The van der Waals surface area contributed by atoms with Crippen molar-refractivity contribution in [2.24, 2.45) is 0 Å². The molecule has 3 aromatic heterocycles. The van der Waals surface area contributed by atoms with Gasteiger partial charge >= 0.3 is 0 Å². The number of hydrogen-bond acceptors (Lipinski definition) is 3. The number of rotatable bonds is 15. The van der Waals surface area contributed by atoms with E-state index in [4.69, 9.17) is 15.3 Å². The number of aromatic amines is 3. The van der Waals surface area contributed by atoms with Crippen molar-refractivity contribution in [1.82, 2.24) is 30.6 Å². The lowest BCUT2D eigenvalue weighted by Gasteiger charge is -2.26. The Morgan fingerprint density at radius 3 is 0.850 bits per heavy atom. The zero-order chi connectivity index (χ0) is 29.7. The number of H-pyrrole nitrogens is 3. The summed E-state index contributed by atoms with van der Waals surface area (Å²) in [5, 5.41) is 26.0. The Kier molecular flexibility index (Phi) is 11.3. The van der Waals surface area contributed by atoms with Crippen LogP contribution in [-0.2, 0) is 0 Å². The quantitative estimate of drug-likeness (QED) is 0.172. The van der Waals surface area contributed by atoms with Gasteiger partial charge < -0.3 is 0 Å². The van der Waals surface area contributed by atoms with Crippen LogP contribution in [0, 0.1) is 0 Å². The van der Waals surface area contributed by atoms with E-state index in [1.54, 1.807) is 0 Å². The molecule has 40 heavy (non-hydrogen) atoms. The second kappa shape index (κ2) is 14.0. The maximum Gasteiger partial charge on any atom is 0.255 e. The van der Waals surface area contributed by atoms with Gasteiger partial charge in [-0.3, -0.25) is 15.3 Å². The first-order valence-electron chi connectivity index (χ1n) is 16.3. The highest BCUT2D eigenvalue weighted by Crippen LogP contribution is 2.29. The Labute approximate surface area is 244 Å². The molecule has 0 amide bonds. The fourth-order valence-corrected chi connectivity index (χ4v) is 5.93. The van der Waals surface area contributed by atoms with Crippen LogP contribution in [0.15, 0.2) is 0 Å². The van der Waals surface area contributed by atoms with E-state index < -0.39 is 0 Å². The normalized spacial score (nSPS) is 16.5. The molecule has 0 saturated carbocycles. The average Bonchev–Trinajstić information content (AvgIpc) is 3.73. The maximum absolute atomic E-state index is 5.09. The fraction of sp³-hybridized carbons (Fsp3) is 0.727. The standard InChI is InChI=1S/C33H57BN6/c1-13-19(7)28-25(29(36-35-28)20(8)14-2)34(26-30(21(9)15-3)37-38-31(26)22(10)16-4)27-32(23(11)17-5)39-40-33(27)24(12)18-6/h19-24H,13-18H2,1-12H3,(H,35,36)(H,37,38)(H,39,40). The summed E-state index contributed by atoms with van der Waals surface area (Å²) >= 11 is 0. The van der Waals surface area contributed by atoms with Gasteiger partial charge in [0, 0.05) is 17.1 Å². The third-order valence-corrected chi connectivity index (χ3v) is 10.0. The van der Waals surface area contributed by atoms with Crippen molar-refractivity contribution < 1.29 is 0 Å². The smallest absolute Gasteiger partial charge is 0.255 e. The Hall–Kier alpha value is -2.31. The summed E-state index contributed by atoms with van der Waals surface area (Å²) in [5.74, 6) is 2.18. The average molecular weight is 549 g/mol. The van der Waals surface area contributed by atoms with Crippen molar-refractivity contribution in [3.05, 3.63) is 34.2 Å². The van der Waals surface area contributed by atoms with E-state index in [1.807, 2.05) is 0 Å². The zero-order valence-electron chi connectivity index (χ0n) is 27.6. The molecular formula is C33H57BN6. The van der Waals surface area contributed by atoms with Gasteiger partial charge in [-0.25, -0.2) is 0 Å². The molecule has 6 atom stereocenters. The van der Waals surface area contributed by atoms with E-state index in [1.165, 1.54) is 50.6 Å². The third kappa shape index (κ3) is 5.99. The van der Waals surface area contributed by atoms with Crippen LogP contribution >= 0.6 is 0 Å².